The summed E-state index contributed by atoms with van der Waals surface area (Å²) in [5, 5.41) is 4.09. The van der Waals surface area contributed by atoms with E-state index in [4.69, 9.17) is 17.4 Å². The van der Waals surface area contributed by atoms with Gasteiger partial charge in [0.05, 0.1) is 5.55 Å². The van der Waals surface area contributed by atoms with Crippen molar-refractivity contribution in [3.8, 4) is 0 Å². The molecule has 2 nitrogen and oxygen atoms in total. The Bertz CT molecular complexity index is 245. The Balaban J connectivity index is 2.66. The maximum atomic E-state index is 5.68. The minimum absolute atomic E-state index is 0.735. The molecule has 0 fully saturated rings. The van der Waals surface area contributed by atoms with Gasteiger partial charge in [0.2, 0.25) is 0 Å². The molecule has 0 saturated heterocycles. The van der Waals surface area contributed by atoms with Gasteiger partial charge in [-0.1, -0.05) is 23.4 Å². The molecule has 0 unspecified atom stereocenters. The molecule has 0 saturated carbocycles. The van der Waals surface area contributed by atoms with Crippen LogP contribution in [0.2, 0.25) is 5.02 Å². The van der Waals surface area contributed by atoms with E-state index in [1.165, 1.54) is 11.8 Å². The van der Waals surface area contributed by atoms with Gasteiger partial charge in [-0.25, -0.2) is 0 Å². The highest BCUT2D eigenvalue weighted by Crippen LogP contribution is 2.17. The van der Waals surface area contributed by atoms with Crippen molar-refractivity contribution in [2.45, 2.75) is 4.90 Å². The van der Waals surface area contributed by atoms with E-state index in [0.29, 0.717) is 0 Å². The summed E-state index contributed by atoms with van der Waals surface area (Å²) in [5.74, 6) is 4.93. The number of halogens is 1. The molecule has 0 aromatic heterocycles. The molecule has 0 aliphatic carbocycles. The lowest BCUT2D eigenvalue weighted by Crippen LogP contribution is -1.78. The fraction of sp³-hybridized carbons (Fsp3) is 0. The molecule has 0 bridgehead atoms. The summed E-state index contributed by atoms with van der Waals surface area (Å²) in [4.78, 5) is 1.07. The lowest BCUT2D eigenvalue weighted by atomic mass is 10.4. The summed E-state index contributed by atoms with van der Waals surface area (Å²) >= 11 is 7.13. The molecular weight excluding hydrogens is 180 g/mol. The van der Waals surface area contributed by atoms with Crippen molar-refractivity contribution in [2.75, 3.05) is 0 Å². The van der Waals surface area contributed by atoms with Crippen LogP contribution in [0.25, 0.3) is 0 Å². The van der Waals surface area contributed by atoms with Crippen molar-refractivity contribution in [2.24, 2.45) is 10.9 Å². The number of hydrogen-bond donors (Lipinski definition) is 1. The Morgan fingerprint density at radius 1 is 1.36 bits per heavy atom. The number of nitrogens with zero attached hydrogens (tertiary/aromatic N) is 1. The summed E-state index contributed by atoms with van der Waals surface area (Å²) in [6.45, 7) is 0. The van der Waals surface area contributed by atoms with Crippen LogP contribution in [0.4, 0.5) is 0 Å². The van der Waals surface area contributed by atoms with Crippen LogP contribution in [0.3, 0.4) is 0 Å². The van der Waals surface area contributed by atoms with Crippen LogP contribution >= 0.6 is 23.4 Å². The molecule has 4 heteroatoms. The van der Waals surface area contributed by atoms with Crippen LogP contribution < -0.4 is 5.84 Å². The Morgan fingerprint density at radius 2 is 2.00 bits per heavy atom. The third-order valence-electron chi connectivity index (χ3n) is 1.06. The number of hydrazone groups is 1. The first-order chi connectivity index (χ1) is 5.33. The quantitative estimate of drug-likeness (QED) is 0.253. The monoisotopic (exact) mass is 186 g/mol. The molecule has 1 aromatic rings. The fourth-order valence-corrected chi connectivity index (χ4v) is 1.21. The van der Waals surface area contributed by atoms with E-state index in [1.807, 2.05) is 24.3 Å². The van der Waals surface area contributed by atoms with Gasteiger partial charge in [0.15, 0.2) is 0 Å². The van der Waals surface area contributed by atoms with Gasteiger partial charge in [-0.15, -0.1) is 0 Å². The lowest BCUT2D eigenvalue weighted by Gasteiger charge is -1.93. The standard InChI is InChI=1S/C7H7ClN2S/c8-6-1-3-7(4-2-6)11-5-10-9/h1-5H,9H2/b10-5+. The zero-order chi connectivity index (χ0) is 8.10. The first-order valence-electron chi connectivity index (χ1n) is 2.97. The third-order valence-corrected chi connectivity index (χ3v) is 2.09. The van der Waals surface area contributed by atoms with Gasteiger partial charge in [0.25, 0.3) is 0 Å². The molecule has 0 radical (unpaired) electrons. The zero-order valence-corrected chi connectivity index (χ0v) is 7.27. The largest absolute Gasteiger partial charge is 0.323 e. The van der Waals surface area contributed by atoms with Crippen molar-refractivity contribution < 1.29 is 0 Å². The summed E-state index contributed by atoms with van der Waals surface area (Å²) in [7, 11) is 0. The van der Waals surface area contributed by atoms with E-state index in [0.717, 1.165) is 9.92 Å². The van der Waals surface area contributed by atoms with E-state index in [-0.39, 0.29) is 0 Å². The van der Waals surface area contributed by atoms with Crippen LogP contribution in [0.1, 0.15) is 0 Å². The van der Waals surface area contributed by atoms with Gasteiger partial charge < -0.3 is 5.84 Å². The molecule has 11 heavy (non-hydrogen) atoms. The minimum atomic E-state index is 0.735. The summed E-state index contributed by atoms with van der Waals surface area (Å²) in [5.41, 5.74) is 1.57. The molecule has 0 amide bonds. The van der Waals surface area contributed by atoms with Gasteiger partial charge >= 0.3 is 0 Å². The van der Waals surface area contributed by atoms with Gasteiger partial charge in [-0.2, -0.15) is 5.10 Å². The number of benzene rings is 1. The van der Waals surface area contributed by atoms with Crippen LogP contribution in [-0.4, -0.2) is 5.55 Å². The maximum Gasteiger partial charge on any atom is 0.0842 e. The van der Waals surface area contributed by atoms with E-state index in [2.05, 4.69) is 5.10 Å². The first-order valence-corrected chi connectivity index (χ1v) is 4.22. The minimum Gasteiger partial charge on any atom is -0.323 e. The molecular formula is C7H7ClN2S. The van der Waals surface area contributed by atoms with Crippen LogP contribution in [0.15, 0.2) is 34.3 Å². The fourth-order valence-electron chi connectivity index (χ4n) is 0.604. The average Bonchev–Trinajstić information content (AvgIpc) is 2.04. The SMILES string of the molecule is N/N=C/Sc1ccc(Cl)cc1. The second-order valence-corrected chi connectivity index (χ2v) is 3.18. The molecule has 0 aliphatic rings. The van der Waals surface area contributed by atoms with E-state index < -0.39 is 0 Å². The van der Waals surface area contributed by atoms with Crippen LogP contribution in [0, 0.1) is 0 Å². The van der Waals surface area contributed by atoms with E-state index in [9.17, 15) is 0 Å². The Labute approximate surface area is 74.4 Å². The highest BCUT2D eigenvalue weighted by atomic mass is 35.5. The van der Waals surface area contributed by atoms with E-state index >= 15 is 0 Å². The zero-order valence-electron chi connectivity index (χ0n) is 5.70. The molecule has 1 aromatic carbocycles. The Morgan fingerprint density at radius 3 is 2.55 bits per heavy atom. The molecule has 2 N–H and O–H groups in total. The van der Waals surface area contributed by atoms with Crippen molar-refractivity contribution in [3.05, 3.63) is 29.3 Å². The van der Waals surface area contributed by atoms with Gasteiger partial charge in [-0.3, -0.25) is 0 Å². The van der Waals surface area contributed by atoms with Crippen molar-refractivity contribution in [3.63, 3.8) is 0 Å². The molecule has 0 aliphatic heterocycles. The second-order valence-electron chi connectivity index (χ2n) is 1.83. The van der Waals surface area contributed by atoms with Crippen molar-refractivity contribution >= 4 is 28.9 Å². The predicted molar refractivity (Wildman–Crippen MR) is 50.0 cm³/mol. The molecule has 0 atom stereocenters. The number of nitrogens with two attached hydrogens (primary N) is 1. The first kappa shape index (κ1) is 8.43. The summed E-state index contributed by atoms with van der Waals surface area (Å²) < 4.78 is 0. The second kappa shape index (κ2) is 4.26. The number of hydrogen-bond acceptors (Lipinski definition) is 3. The topological polar surface area (TPSA) is 38.4 Å². The molecule has 0 spiro atoms. The molecule has 1 rings (SSSR count). The average molecular weight is 187 g/mol. The molecule has 58 valence electrons. The lowest BCUT2D eigenvalue weighted by molar-refractivity contribution is 1.27. The number of thioether (sulfide) groups is 1. The smallest absolute Gasteiger partial charge is 0.0842 e. The van der Waals surface area contributed by atoms with E-state index in [1.54, 1.807) is 5.55 Å². The summed E-state index contributed by atoms with van der Waals surface area (Å²) in [6, 6.07) is 7.48. The van der Waals surface area contributed by atoms with Crippen molar-refractivity contribution in [1.82, 2.24) is 0 Å². The van der Waals surface area contributed by atoms with Gasteiger partial charge in [0.1, 0.15) is 0 Å². The highest BCUT2D eigenvalue weighted by Gasteiger charge is 1.89. The highest BCUT2D eigenvalue weighted by molar-refractivity contribution is 8.12. The molecule has 0 heterocycles. The Hall–Kier alpha value is -0.670. The van der Waals surface area contributed by atoms with Crippen LogP contribution in [0.5, 0.6) is 0 Å². The normalized spacial score (nSPS) is 10.6. The van der Waals surface area contributed by atoms with Crippen molar-refractivity contribution in [1.29, 1.82) is 0 Å². The predicted octanol–water partition coefficient (Wildman–Crippen LogP) is 2.33. The van der Waals surface area contributed by atoms with Gasteiger partial charge in [-0.05, 0) is 24.3 Å². The maximum absolute atomic E-state index is 5.68. The third kappa shape index (κ3) is 2.82. The van der Waals surface area contributed by atoms with Crippen LogP contribution in [-0.2, 0) is 0 Å². The summed E-state index contributed by atoms with van der Waals surface area (Å²) in [6.07, 6.45) is 0. The Kier molecular flexibility index (Phi) is 3.26. The number of rotatable bonds is 2. The van der Waals surface area contributed by atoms with Gasteiger partial charge in [0, 0.05) is 9.92 Å².